The highest BCUT2D eigenvalue weighted by atomic mass is 16.5. The molecule has 24 heavy (non-hydrogen) atoms. The normalized spacial score (nSPS) is 11.0. The second kappa shape index (κ2) is 6.00. The molecule has 1 aromatic carbocycles. The number of rotatable bonds is 4. The van der Waals surface area contributed by atoms with E-state index >= 15 is 0 Å². The highest BCUT2D eigenvalue weighted by Gasteiger charge is 2.22. The number of fused-ring (bicyclic) bond motifs is 1. The molecule has 124 valence electrons. The Balaban J connectivity index is 1.80. The van der Waals surface area contributed by atoms with Gasteiger partial charge >= 0.3 is 5.97 Å². The Bertz CT molecular complexity index is 946. The predicted octanol–water partition coefficient (Wildman–Crippen LogP) is 4.03. The molecule has 2 heterocycles. The van der Waals surface area contributed by atoms with Gasteiger partial charge in [0, 0.05) is 27.7 Å². The highest BCUT2D eigenvalue weighted by molar-refractivity contribution is 6.10. The van der Waals surface area contributed by atoms with E-state index in [-0.39, 0.29) is 12.4 Å². The Morgan fingerprint density at radius 2 is 1.75 bits per heavy atom. The van der Waals surface area contributed by atoms with Crippen LogP contribution in [0.3, 0.4) is 0 Å². The van der Waals surface area contributed by atoms with Gasteiger partial charge in [-0.3, -0.25) is 4.79 Å². The molecule has 0 aliphatic carbocycles. The first-order valence-corrected chi connectivity index (χ1v) is 7.74. The molecule has 5 nitrogen and oxygen atoms in total. The number of esters is 1. The lowest BCUT2D eigenvalue weighted by Crippen LogP contribution is -2.15. The average Bonchev–Trinajstić information content (AvgIpc) is 3.00. The number of ketones is 1. The third-order valence-corrected chi connectivity index (χ3v) is 4.27. The molecule has 0 unspecified atom stereocenters. The number of aromatic amines is 1. The lowest BCUT2D eigenvalue weighted by Gasteiger charge is -2.05. The monoisotopic (exact) mass is 325 g/mol. The summed E-state index contributed by atoms with van der Waals surface area (Å²) >= 11 is 0. The van der Waals surface area contributed by atoms with Crippen LogP contribution in [0.4, 0.5) is 0 Å². The van der Waals surface area contributed by atoms with E-state index in [0.717, 1.165) is 22.2 Å². The second-order valence-corrected chi connectivity index (χ2v) is 5.88. The van der Waals surface area contributed by atoms with Gasteiger partial charge in [0.2, 0.25) is 5.78 Å². The quantitative estimate of drug-likeness (QED) is 0.580. The van der Waals surface area contributed by atoms with Crippen molar-refractivity contribution in [1.82, 2.24) is 4.98 Å². The fraction of sp³-hybridized carbons (Fsp3) is 0.263. The van der Waals surface area contributed by atoms with Crippen molar-refractivity contribution in [3.63, 3.8) is 0 Å². The zero-order chi connectivity index (χ0) is 17.4. The van der Waals surface area contributed by atoms with Crippen LogP contribution < -0.4 is 0 Å². The molecule has 0 fully saturated rings. The Morgan fingerprint density at radius 1 is 1.04 bits per heavy atom. The van der Waals surface area contributed by atoms with Gasteiger partial charge in [0.05, 0.1) is 0 Å². The molecule has 2 aromatic heterocycles. The number of para-hydroxylation sites is 1. The van der Waals surface area contributed by atoms with Gasteiger partial charge in [0.25, 0.3) is 0 Å². The molecule has 0 aliphatic heterocycles. The second-order valence-electron chi connectivity index (χ2n) is 5.88. The van der Waals surface area contributed by atoms with E-state index in [1.807, 2.05) is 31.2 Å². The number of benzene rings is 1. The van der Waals surface area contributed by atoms with Crippen LogP contribution in [0.15, 0.2) is 28.7 Å². The Kier molecular flexibility index (Phi) is 4.01. The molecule has 0 amide bonds. The van der Waals surface area contributed by atoms with E-state index in [2.05, 4.69) is 4.98 Å². The summed E-state index contributed by atoms with van der Waals surface area (Å²) in [5, 5.41) is 0.836. The zero-order valence-electron chi connectivity index (χ0n) is 14.1. The molecule has 0 saturated carbocycles. The fourth-order valence-corrected chi connectivity index (χ4v) is 3.01. The van der Waals surface area contributed by atoms with Crippen LogP contribution in [0.5, 0.6) is 0 Å². The van der Waals surface area contributed by atoms with Gasteiger partial charge in [0.1, 0.15) is 17.1 Å². The van der Waals surface area contributed by atoms with Gasteiger partial charge in [0.15, 0.2) is 6.61 Å². The van der Waals surface area contributed by atoms with Crippen molar-refractivity contribution >= 4 is 22.7 Å². The minimum Gasteiger partial charge on any atom is -0.465 e. The molecule has 0 radical (unpaired) electrons. The Labute approximate surface area is 139 Å². The first-order chi connectivity index (χ1) is 11.4. The van der Waals surface area contributed by atoms with Crippen molar-refractivity contribution in [2.75, 3.05) is 6.61 Å². The molecule has 5 heteroatoms. The lowest BCUT2D eigenvalue weighted by molar-refractivity contribution is 0.0472. The molecule has 3 rings (SSSR count). The number of H-pyrrole nitrogens is 1. The highest BCUT2D eigenvalue weighted by Crippen LogP contribution is 2.24. The topological polar surface area (TPSA) is 72.3 Å². The van der Waals surface area contributed by atoms with Gasteiger partial charge < -0.3 is 14.1 Å². The fourth-order valence-electron chi connectivity index (χ4n) is 3.01. The Hall–Kier alpha value is -2.82. The average molecular weight is 325 g/mol. The minimum absolute atomic E-state index is 0.228. The van der Waals surface area contributed by atoms with E-state index in [9.17, 15) is 9.59 Å². The van der Waals surface area contributed by atoms with Crippen molar-refractivity contribution in [3.8, 4) is 0 Å². The number of furan rings is 1. The first kappa shape index (κ1) is 16.1. The molecule has 1 N–H and O–H groups in total. The third kappa shape index (κ3) is 2.62. The van der Waals surface area contributed by atoms with Crippen LogP contribution in [0.1, 0.15) is 43.5 Å². The van der Waals surface area contributed by atoms with E-state index in [1.165, 1.54) is 0 Å². The van der Waals surface area contributed by atoms with Gasteiger partial charge in [-0.1, -0.05) is 18.2 Å². The molecular formula is C19H19NO4. The number of hydrogen-bond donors (Lipinski definition) is 1. The van der Waals surface area contributed by atoms with Gasteiger partial charge in [-0.05, 0) is 33.8 Å². The molecule has 0 atom stereocenters. The molecule has 0 spiro atoms. The van der Waals surface area contributed by atoms with Crippen molar-refractivity contribution in [3.05, 3.63) is 58.2 Å². The standard InChI is InChI=1S/C19H19NO4/c1-10-12(3)24-13(4)17(10)19(22)23-9-16(21)18-11(2)20-15-8-6-5-7-14(15)18/h5-8,20H,9H2,1-4H3. The SMILES string of the molecule is Cc1[nH]c2ccccc2c1C(=O)COC(=O)c1c(C)oc(C)c1C. The maximum Gasteiger partial charge on any atom is 0.342 e. The Morgan fingerprint density at radius 3 is 2.42 bits per heavy atom. The summed E-state index contributed by atoms with van der Waals surface area (Å²) in [6, 6.07) is 7.56. The summed E-state index contributed by atoms with van der Waals surface area (Å²) in [7, 11) is 0. The number of Topliss-reactive ketones (excluding diaryl/α,β-unsaturated/α-hetero) is 1. The van der Waals surface area contributed by atoms with Crippen LogP contribution >= 0.6 is 0 Å². The smallest absolute Gasteiger partial charge is 0.342 e. The maximum absolute atomic E-state index is 12.5. The maximum atomic E-state index is 12.5. The minimum atomic E-state index is -0.535. The van der Waals surface area contributed by atoms with Crippen LogP contribution in [0.25, 0.3) is 10.9 Å². The molecule has 3 aromatic rings. The number of hydrogen-bond acceptors (Lipinski definition) is 4. The summed E-state index contributed by atoms with van der Waals surface area (Å²) < 4.78 is 10.7. The van der Waals surface area contributed by atoms with Gasteiger partial charge in [-0.2, -0.15) is 0 Å². The number of carbonyl (C=O) groups excluding carboxylic acids is 2. The molecule has 0 aliphatic rings. The zero-order valence-corrected chi connectivity index (χ0v) is 14.1. The molecule has 0 bridgehead atoms. The summed E-state index contributed by atoms with van der Waals surface area (Å²) in [6.07, 6.45) is 0. The van der Waals surface area contributed by atoms with Crippen LogP contribution in [0, 0.1) is 27.7 Å². The molecular weight excluding hydrogens is 306 g/mol. The number of aromatic nitrogens is 1. The number of nitrogens with one attached hydrogen (secondary N) is 1. The van der Waals surface area contributed by atoms with E-state index in [4.69, 9.17) is 9.15 Å². The summed E-state index contributed by atoms with van der Waals surface area (Å²) in [5.41, 5.74) is 3.37. The van der Waals surface area contributed by atoms with E-state index < -0.39 is 5.97 Å². The summed E-state index contributed by atoms with van der Waals surface area (Å²) in [6.45, 7) is 6.84. The number of carbonyl (C=O) groups is 2. The third-order valence-electron chi connectivity index (χ3n) is 4.27. The van der Waals surface area contributed by atoms with E-state index in [0.29, 0.717) is 22.6 Å². The number of aryl methyl sites for hydroxylation is 3. The predicted molar refractivity (Wildman–Crippen MR) is 90.6 cm³/mol. The lowest BCUT2D eigenvalue weighted by atomic mass is 10.1. The number of ether oxygens (including phenoxy) is 1. The summed E-state index contributed by atoms with van der Waals surface area (Å²) in [5.74, 6) is 0.422. The first-order valence-electron chi connectivity index (χ1n) is 7.74. The largest absolute Gasteiger partial charge is 0.465 e. The van der Waals surface area contributed by atoms with Crippen LogP contribution in [-0.2, 0) is 4.74 Å². The van der Waals surface area contributed by atoms with Gasteiger partial charge in [-0.25, -0.2) is 4.79 Å². The van der Waals surface area contributed by atoms with E-state index in [1.54, 1.807) is 20.8 Å². The molecule has 0 saturated heterocycles. The van der Waals surface area contributed by atoms with Crippen molar-refractivity contribution in [1.29, 1.82) is 0 Å². The van der Waals surface area contributed by atoms with Crippen molar-refractivity contribution in [2.45, 2.75) is 27.7 Å². The van der Waals surface area contributed by atoms with Crippen molar-refractivity contribution in [2.24, 2.45) is 0 Å². The van der Waals surface area contributed by atoms with Gasteiger partial charge in [-0.15, -0.1) is 0 Å². The van der Waals surface area contributed by atoms with Crippen LogP contribution in [-0.4, -0.2) is 23.3 Å². The van der Waals surface area contributed by atoms with Crippen molar-refractivity contribution < 1.29 is 18.7 Å². The van der Waals surface area contributed by atoms with Crippen LogP contribution in [0.2, 0.25) is 0 Å². The summed E-state index contributed by atoms with van der Waals surface area (Å²) in [4.78, 5) is 28.0.